The van der Waals surface area contributed by atoms with Crippen molar-refractivity contribution in [2.75, 3.05) is 6.61 Å². The van der Waals surface area contributed by atoms with E-state index in [1.54, 1.807) is 38.2 Å². The highest BCUT2D eigenvalue weighted by atomic mass is 16.5. The van der Waals surface area contributed by atoms with Crippen LogP contribution in [-0.4, -0.2) is 31.9 Å². The van der Waals surface area contributed by atoms with E-state index in [2.05, 4.69) is 10.1 Å². The Balaban J connectivity index is 2.05. The van der Waals surface area contributed by atoms with Gasteiger partial charge in [0.2, 0.25) is 0 Å². The van der Waals surface area contributed by atoms with Crippen molar-refractivity contribution in [3.63, 3.8) is 0 Å². The average molecular weight is 337 g/mol. The van der Waals surface area contributed by atoms with Gasteiger partial charge in [0.1, 0.15) is 24.0 Å². The molecule has 0 aliphatic carbocycles. The minimum absolute atomic E-state index is 0.0702. The summed E-state index contributed by atoms with van der Waals surface area (Å²) in [6.07, 6.45) is 1.29. The molecule has 2 aromatic heterocycles. The number of benzene rings is 1. The van der Waals surface area contributed by atoms with Crippen molar-refractivity contribution in [3.8, 4) is 6.07 Å². The molecule has 0 amide bonds. The Labute approximate surface area is 142 Å². The predicted octanol–water partition coefficient (Wildman–Crippen LogP) is 1.23. The van der Waals surface area contributed by atoms with Crippen molar-refractivity contribution < 1.29 is 9.53 Å². The molecule has 2 heterocycles. The van der Waals surface area contributed by atoms with Gasteiger partial charge in [0.25, 0.3) is 5.56 Å². The van der Waals surface area contributed by atoms with E-state index in [4.69, 9.17) is 4.74 Å². The van der Waals surface area contributed by atoms with Gasteiger partial charge in [0.15, 0.2) is 5.69 Å². The lowest BCUT2D eigenvalue weighted by Crippen LogP contribution is -2.24. The molecule has 0 fully saturated rings. The molecule has 25 heavy (non-hydrogen) atoms. The van der Waals surface area contributed by atoms with Crippen LogP contribution in [0.15, 0.2) is 35.3 Å². The highest BCUT2D eigenvalue weighted by molar-refractivity contribution is 5.91. The van der Waals surface area contributed by atoms with E-state index in [0.717, 1.165) is 0 Å². The van der Waals surface area contributed by atoms with Gasteiger partial charge in [0.05, 0.1) is 23.7 Å². The number of fused-ring (bicyclic) bond motifs is 1. The molecule has 0 atom stereocenters. The maximum Gasteiger partial charge on any atom is 0.342 e. The first-order chi connectivity index (χ1) is 12.1. The van der Waals surface area contributed by atoms with E-state index >= 15 is 0 Å². The van der Waals surface area contributed by atoms with Crippen LogP contribution < -0.4 is 5.56 Å². The zero-order chi connectivity index (χ0) is 18.0. The molecule has 0 radical (unpaired) electrons. The second kappa shape index (κ2) is 6.57. The van der Waals surface area contributed by atoms with Gasteiger partial charge in [-0.15, -0.1) is 0 Å². The van der Waals surface area contributed by atoms with Gasteiger partial charge in [-0.3, -0.25) is 9.36 Å². The molecular weight excluding hydrogens is 322 g/mol. The van der Waals surface area contributed by atoms with Crippen LogP contribution in [0.4, 0.5) is 0 Å². The molecule has 8 heteroatoms. The summed E-state index contributed by atoms with van der Waals surface area (Å²) in [6, 6.07) is 8.99. The van der Waals surface area contributed by atoms with Crippen molar-refractivity contribution in [2.24, 2.45) is 7.05 Å². The minimum atomic E-state index is -0.606. The molecule has 1 aromatic carbocycles. The topological polar surface area (TPSA) is 103 Å². The molecule has 8 nitrogen and oxygen atoms in total. The molecule has 0 unspecified atom stereocenters. The van der Waals surface area contributed by atoms with E-state index in [9.17, 15) is 14.9 Å². The standard InChI is InChI=1S/C17H15N5O3/c1-3-25-17(24)12-9-19-22(14(12)8-18)10-15-20-13-7-5-4-6-11(13)16(23)21(15)2/h4-7,9H,3,10H2,1-2H3. The Morgan fingerprint density at radius 2 is 2.12 bits per heavy atom. The zero-order valence-corrected chi connectivity index (χ0v) is 13.8. The van der Waals surface area contributed by atoms with E-state index in [1.807, 2.05) is 6.07 Å². The van der Waals surface area contributed by atoms with Crippen LogP contribution in [0.25, 0.3) is 10.9 Å². The van der Waals surface area contributed by atoms with E-state index in [1.165, 1.54) is 15.4 Å². The second-order valence-corrected chi connectivity index (χ2v) is 5.31. The third-order valence-electron chi connectivity index (χ3n) is 3.81. The fourth-order valence-electron chi connectivity index (χ4n) is 2.52. The van der Waals surface area contributed by atoms with Crippen molar-refractivity contribution in [2.45, 2.75) is 13.5 Å². The summed E-state index contributed by atoms with van der Waals surface area (Å²) >= 11 is 0. The molecule has 0 bridgehead atoms. The molecule has 0 aliphatic heterocycles. The van der Waals surface area contributed by atoms with Gasteiger partial charge in [-0.05, 0) is 19.1 Å². The van der Waals surface area contributed by atoms with Crippen molar-refractivity contribution in [1.29, 1.82) is 5.26 Å². The lowest BCUT2D eigenvalue weighted by atomic mass is 10.2. The first-order valence-corrected chi connectivity index (χ1v) is 7.64. The quantitative estimate of drug-likeness (QED) is 0.663. The van der Waals surface area contributed by atoms with Crippen LogP contribution in [0.1, 0.15) is 28.8 Å². The SMILES string of the molecule is CCOC(=O)c1cnn(Cc2nc3ccccc3c(=O)n2C)c1C#N. The Hall–Kier alpha value is -3.47. The number of esters is 1. The Kier molecular flexibility index (Phi) is 4.31. The van der Waals surface area contributed by atoms with Gasteiger partial charge in [0, 0.05) is 7.05 Å². The third-order valence-corrected chi connectivity index (χ3v) is 3.81. The molecule has 0 N–H and O–H groups in total. The number of rotatable bonds is 4. The van der Waals surface area contributed by atoms with Gasteiger partial charge in [-0.25, -0.2) is 14.5 Å². The third kappa shape index (κ3) is 2.87. The number of aromatic nitrogens is 4. The lowest BCUT2D eigenvalue weighted by Gasteiger charge is -2.10. The summed E-state index contributed by atoms with van der Waals surface area (Å²) < 4.78 is 7.67. The van der Waals surface area contributed by atoms with Crippen molar-refractivity contribution >= 4 is 16.9 Å². The first-order valence-electron chi connectivity index (χ1n) is 7.64. The molecule has 0 spiro atoms. The maximum atomic E-state index is 12.4. The number of carbonyl (C=O) groups is 1. The second-order valence-electron chi connectivity index (χ2n) is 5.31. The summed E-state index contributed by atoms with van der Waals surface area (Å²) in [6.45, 7) is 1.97. The smallest absolute Gasteiger partial charge is 0.342 e. The number of hydrogen-bond acceptors (Lipinski definition) is 6. The number of hydrogen-bond donors (Lipinski definition) is 0. The number of nitrogens with zero attached hydrogens (tertiary/aromatic N) is 5. The Morgan fingerprint density at radius 1 is 1.36 bits per heavy atom. The van der Waals surface area contributed by atoms with Crippen LogP contribution in [0.5, 0.6) is 0 Å². The normalized spacial score (nSPS) is 10.6. The predicted molar refractivity (Wildman–Crippen MR) is 89.0 cm³/mol. The number of carbonyl (C=O) groups excluding carboxylic acids is 1. The van der Waals surface area contributed by atoms with Crippen molar-refractivity contribution in [1.82, 2.24) is 19.3 Å². The summed E-state index contributed by atoms with van der Waals surface area (Å²) in [4.78, 5) is 28.8. The Bertz CT molecular complexity index is 1060. The highest BCUT2D eigenvalue weighted by Gasteiger charge is 2.19. The zero-order valence-electron chi connectivity index (χ0n) is 13.8. The number of nitriles is 1. The molecule has 0 saturated carbocycles. The molecule has 3 aromatic rings. The first kappa shape index (κ1) is 16.4. The number of para-hydroxylation sites is 1. The average Bonchev–Trinajstić information content (AvgIpc) is 3.02. The Morgan fingerprint density at radius 3 is 2.84 bits per heavy atom. The highest BCUT2D eigenvalue weighted by Crippen LogP contribution is 2.12. The van der Waals surface area contributed by atoms with Crippen LogP contribution in [0, 0.1) is 11.3 Å². The van der Waals surface area contributed by atoms with Crippen LogP contribution >= 0.6 is 0 Å². The molecule has 3 rings (SSSR count). The van der Waals surface area contributed by atoms with E-state index in [0.29, 0.717) is 16.7 Å². The van der Waals surface area contributed by atoms with Gasteiger partial charge in [-0.2, -0.15) is 10.4 Å². The van der Waals surface area contributed by atoms with Crippen molar-refractivity contribution in [3.05, 3.63) is 57.9 Å². The number of ether oxygens (including phenoxy) is 1. The summed E-state index contributed by atoms with van der Waals surface area (Å²) in [7, 11) is 1.61. The molecule has 0 aliphatic rings. The molecule has 0 saturated heterocycles. The van der Waals surface area contributed by atoms with Gasteiger partial charge >= 0.3 is 5.97 Å². The summed E-state index contributed by atoms with van der Waals surface area (Å²) in [5.41, 5.74) is 0.546. The van der Waals surface area contributed by atoms with E-state index in [-0.39, 0.29) is 30.0 Å². The molecular formula is C17H15N5O3. The van der Waals surface area contributed by atoms with Crippen LogP contribution in [-0.2, 0) is 18.3 Å². The lowest BCUT2D eigenvalue weighted by molar-refractivity contribution is 0.0526. The fraction of sp³-hybridized carbons (Fsp3) is 0.235. The maximum absolute atomic E-state index is 12.4. The van der Waals surface area contributed by atoms with Gasteiger partial charge < -0.3 is 4.74 Å². The summed E-state index contributed by atoms with van der Waals surface area (Å²) in [5.74, 6) is -0.177. The fourth-order valence-corrected chi connectivity index (χ4v) is 2.52. The summed E-state index contributed by atoms with van der Waals surface area (Å²) in [5, 5.41) is 14.0. The van der Waals surface area contributed by atoms with Crippen LogP contribution in [0.2, 0.25) is 0 Å². The monoisotopic (exact) mass is 337 g/mol. The largest absolute Gasteiger partial charge is 0.462 e. The van der Waals surface area contributed by atoms with Gasteiger partial charge in [-0.1, -0.05) is 12.1 Å². The van der Waals surface area contributed by atoms with Crippen LogP contribution in [0.3, 0.4) is 0 Å². The molecule has 126 valence electrons. The van der Waals surface area contributed by atoms with E-state index < -0.39 is 5.97 Å². The minimum Gasteiger partial charge on any atom is -0.462 e.